The summed E-state index contributed by atoms with van der Waals surface area (Å²) in [6.45, 7) is 0.0865. The Morgan fingerprint density at radius 3 is 2.56 bits per heavy atom. The van der Waals surface area contributed by atoms with Gasteiger partial charge in [-0.05, 0) is 23.9 Å². The second kappa shape index (κ2) is 4.84. The lowest BCUT2D eigenvalue weighted by atomic mass is 10.2. The molecule has 0 spiro atoms. The molecule has 2 nitrogen and oxygen atoms in total. The van der Waals surface area contributed by atoms with Gasteiger partial charge in [-0.25, -0.2) is 0 Å². The summed E-state index contributed by atoms with van der Waals surface area (Å²) < 4.78 is 37.4. The summed E-state index contributed by atoms with van der Waals surface area (Å²) in [4.78, 5) is 12.0. The van der Waals surface area contributed by atoms with Gasteiger partial charge in [0, 0.05) is 24.5 Å². The molecule has 5 heteroatoms. The molecule has 0 saturated carbocycles. The van der Waals surface area contributed by atoms with Gasteiger partial charge in [-0.3, -0.25) is 4.79 Å². The zero-order chi connectivity index (χ0) is 13.2. The maximum absolute atomic E-state index is 12.0. The van der Waals surface area contributed by atoms with Crippen molar-refractivity contribution in [1.82, 2.24) is 4.57 Å². The number of hydrogen-bond acceptors (Lipinski definition) is 1. The first-order chi connectivity index (χ1) is 8.47. The smallest absolute Gasteiger partial charge is 0.315 e. The van der Waals surface area contributed by atoms with E-state index in [1.165, 1.54) is 4.57 Å². The molecule has 0 N–H and O–H groups in total. The minimum atomic E-state index is -4.17. The van der Waals surface area contributed by atoms with Crippen molar-refractivity contribution in [1.29, 1.82) is 0 Å². The Labute approximate surface area is 102 Å². The third-order valence-corrected chi connectivity index (χ3v) is 2.75. The van der Waals surface area contributed by atoms with Crippen LogP contribution in [0.1, 0.15) is 12.8 Å². The monoisotopic (exact) mass is 255 g/mol. The topological polar surface area (TPSA) is 22.0 Å². The Morgan fingerprint density at radius 2 is 1.83 bits per heavy atom. The van der Waals surface area contributed by atoms with E-state index in [4.69, 9.17) is 0 Å². The van der Waals surface area contributed by atoms with Crippen molar-refractivity contribution < 1.29 is 13.2 Å². The Bertz CT molecular complexity index is 601. The van der Waals surface area contributed by atoms with Crippen molar-refractivity contribution in [2.24, 2.45) is 0 Å². The molecule has 1 heterocycles. The molecular formula is C13H12F3NO. The first-order valence-corrected chi connectivity index (χ1v) is 5.62. The van der Waals surface area contributed by atoms with Crippen molar-refractivity contribution in [2.45, 2.75) is 25.6 Å². The Balaban J connectivity index is 2.20. The lowest BCUT2D eigenvalue weighted by molar-refractivity contribution is -0.135. The van der Waals surface area contributed by atoms with Crippen molar-refractivity contribution >= 4 is 10.8 Å². The SMILES string of the molecule is O=c1c2ccccc2ccn1CCCC(F)(F)F. The Hall–Kier alpha value is -1.78. The van der Waals surface area contributed by atoms with Gasteiger partial charge in [-0.2, -0.15) is 13.2 Å². The quantitative estimate of drug-likeness (QED) is 0.824. The number of aromatic nitrogens is 1. The van der Waals surface area contributed by atoms with E-state index in [0.717, 1.165) is 5.39 Å². The molecule has 2 aromatic rings. The molecule has 0 aliphatic carbocycles. The molecule has 0 saturated heterocycles. The molecule has 0 fully saturated rings. The van der Waals surface area contributed by atoms with Crippen LogP contribution in [0.4, 0.5) is 13.2 Å². The van der Waals surface area contributed by atoms with Crippen molar-refractivity contribution in [3.63, 3.8) is 0 Å². The van der Waals surface area contributed by atoms with E-state index in [9.17, 15) is 18.0 Å². The molecule has 0 amide bonds. The summed E-state index contributed by atoms with van der Waals surface area (Å²) in [7, 11) is 0. The molecular weight excluding hydrogens is 243 g/mol. The van der Waals surface area contributed by atoms with Gasteiger partial charge in [0.25, 0.3) is 5.56 Å². The molecule has 1 aromatic heterocycles. The van der Waals surface area contributed by atoms with Crippen molar-refractivity contribution in [3.8, 4) is 0 Å². The molecule has 0 aliphatic heterocycles. The van der Waals surface area contributed by atoms with E-state index in [1.807, 2.05) is 6.07 Å². The second-order valence-corrected chi connectivity index (χ2v) is 4.12. The highest BCUT2D eigenvalue weighted by atomic mass is 19.4. The number of pyridine rings is 1. The first kappa shape index (κ1) is 12.7. The van der Waals surface area contributed by atoms with Crippen LogP contribution in [0.5, 0.6) is 0 Å². The van der Waals surface area contributed by atoms with Crippen LogP contribution in [0.3, 0.4) is 0 Å². The fourth-order valence-electron chi connectivity index (χ4n) is 1.86. The van der Waals surface area contributed by atoms with Gasteiger partial charge in [-0.1, -0.05) is 18.2 Å². The lowest BCUT2D eigenvalue weighted by Crippen LogP contribution is -2.20. The summed E-state index contributed by atoms with van der Waals surface area (Å²) in [5.41, 5.74) is -0.240. The summed E-state index contributed by atoms with van der Waals surface area (Å²) in [5.74, 6) is 0. The molecule has 2 rings (SSSR count). The molecule has 0 bridgehead atoms. The standard InChI is InChI=1S/C13H12F3NO/c14-13(15,16)7-3-8-17-9-6-10-4-1-2-5-11(10)12(17)18/h1-2,4-6,9H,3,7-8H2. The molecule has 0 atom stereocenters. The van der Waals surface area contributed by atoms with E-state index < -0.39 is 12.6 Å². The van der Waals surface area contributed by atoms with Crippen LogP contribution in [0.2, 0.25) is 0 Å². The Kier molecular flexibility index (Phi) is 3.41. The predicted molar refractivity (Wildman–Crippen MR) is 63.5 cm³/mol. The van der Waals surface area contributed by atoms with Crippen molar-refractivity contribution in [3.05, 3.63) is 46.9 Å². The lowest BCUT2D eigenvalue weighted by Gasteiger charge is -2.08. The summed E-state index contributed by atoms with van der Waals surface area (Å²) in [6.07, 6.45) is -3.57. The molecule has 0 unspecified atom stereocenters. The second-order valence-electron chi connectivity index (χ2n) is 4.12. The predicted octanol–water partition coefficient (Wildman–Crippen LogP) is 3.34. The van der Waals surface area contributed by atoms with Gasteiger partial charge >= 0.3 is 6.18 Å². The molecule has 0 aliphatic rings. The molecule has 1 aromatic carbocycles. The number of halogens is 3. The number of rotatable bonds is 3. The van der Waals surface area contributed by atoms with Gasteiger partial charge < -0.3 is 4.57 Å². The van der Waals surface area contributed by atoms with E-state index >= 15 is 0 Å². The molecule has 0 radical (unpaired) electrons. The highest BCUT2D eigenvalue weighted by molar-refractivity contribution is 5.81. The van der Waals surface area contributed by atoms with E-state index in [-0.39, 0.29) is 18.5 Å². The fraction of sp³-hybridized carbons (Fsp3) is 0.308. The van der Waals surface area contributed by atoms with Gasteiger partial charge in [0.1, 0.15) is 0 Å². The largest absolute Gasteiger partial charge is 0.389 e. The third-order valence-electron chi connectivity index (χ3n) is 2.75. The minimum Gasteiger partial charge on any atom is -0.315 e. The number of hydrogen-bond donors (Lipinski definition) is 0. The van der Waals surface area contributed by atoms with Crippen LogP contribution in [-0.4, -0.2) is 10.7 Å². The minimum absolute atomic E-state index is 0.0816. The zero-order valence-corrected chi connectivity index (χ0v) is 9.57. The van der Waals surface area contributed by atoms with Crippen LogP contribution in [-0.2, 0) is 6.54 Å². The average molecular weight is 255 g/mol. The van der Waals surface area contributed by atoms with Gasteiger partial charge in [0.15, 0.2) is 0 Å². The maximum atomic E-state index is 12.0. The highest BCUT2D eigenvalue weighted by Crippen LogP contribution is 2.21. The van der Waals surface area contributed by atoms with Crippen LogP contribution in [0, 0.1) is 0 Å². The number of aryl methyl sites for hydroxylation is 1. The van der Waals surface area contributed by atoms with Crippen LogP contribution >= 0.6 is 0 Å². The summed E-state index contributed by atoms with van der Waals surface area (Å²) in [5, 5.41) is 1.33. The first-order valence-electron chi connectivity index (χ1n) is 5.62. The van der Waals surface area contributed by atoms with Gasteiger partial charge in [0.2, 0.25) is 0 Å². The number of alkyl halides is 3. The summed E-state index contributed by atoms with van der Waals surface area (Å²) >= 11 is 0. The number of fused-ring (bicyclic) bond motifs is 1. The van der Waals surface area contributed by atoms with Crippen LogP contribution in [0.15, 0.2) is 41.3 Å². The third kappa shape index (κ3) is 2.91. The normalized spacial score (nSPS) is 11.9. The van der Waals surface area contributed by atoms with Gasteiger partial charge in [-0.15, -0.1) is 0 Å². The molecule has 96 valence electrons. The van der Waals surface area contributed by atoms with E-state index in [2.05, 4.69) is 0 Å². The van der Waals surface area contributed by atoms with Crippen LogP contribution < -0.4 is 5.56 Å². The maximum Gasteiger partial charge on any atom is 0.389 e. The zero-order valence-electron chi connectivity index (χ0n) is 9.57. The Morgan fingerprint density at radius 1 is 1.11 bits per heavy atom. The summed E-state index contributed by atoms with van der Waals surface area (Å²) in [6, 6.07) is 8.78. The van der Waals surface area contributed by atoms with E-state index in [0.29, 0.717) is 5.39 Å². The van der Waals surface area contributed by atoms with Crippen molar-refractivity contribution in [2.75, 3.05) is 0 Å². The van der Waals surface area contributed by atoms with E-state index in [1.54, 1.807) is 30.5 Å². The molecule has 18 heavy (non-hydrogen) atoms. The highest BCUT2D eigenvalue weighted by Gasteiger charge is 2.26. The van der Waals surface area contributed by atoms with Crippen LogP contribution in [0.25, 0.3) is 10.8 Å². The number of benzene rings is 1. The number of nitrogens with zero attached hydrogens (tertiary/aromatic N) is 1. The fourth-order valence-corrected chi connectivity index (χ4v) is 1.86. The average Bonchev–Trinajstić information content (AvgIpc) is 2.31. The van der Waals surface area contributed by atoms with Gasteiger partial charge in [0.05, 0.1) is 0 Å².